The third-order valence-corrected chi connectivity index (χ3v) is 2.16. The van der Waals surface area contributed by atoms with Gasteiger partial charge >= 0.3 is 5.97 Å². The van der Waals surface area contributed by atoms with Crippen LogP contribution in [0, 0.1) is 0 Å². The molecule has 0 unspecified atom stereocenters. The average Bonchev–Trinajstić information content (AvgIpc) is 2.34. The number of nitrogens with one attached hydrogen (secondary N) is 1. The fourth-order valence-corrected chi connectivity index (χ4v) is 1.31. The molecule has 0 fully saturated rings. The van der Waals surface area contributed by atoms with E-state index < -0.39 is 0 Å². The average molecular weight is 234 g/mol. The van der Waals surface area contributed by atoms with E-state index in [-0.39, 0.29) is 5.97 Å². The molecule has 0 aliphatic heterocycles. The highest BCUT2D eigenvalue weighted by molar-refractivity contribution is 5.91. The molecule has 92 valence electrons. The lowest BCUT2D eigenvalue weighted by molar-refractivity contribution is 0.0505. The van der Waals surface area contributed by atoms with E-state index in [4.69, 9.17) is 10.5 Å². The molecule has 0 aromatic heterocycles. The molecule has 4 heteroatoms. The Bertz CT molecular complexity index is 402. The summed E-state index contributed by atoms with van der Waals surface area (Å²) in [6.45, 7) is 6.61. The Kier molecular flexibility index (Phi) is 5.07. The van der Waals surface area contributed by atoms with E-state index in [0.717, 1.165) is 12.1 Å². The molecular weight excluding hydrogens is 216 g/mol. The van der Waals surface area contributed by atoms with Gasteiger partial charge in [0, 0.05) is 6.54 Å². The lowest BCUT2D eigenvalue weighted by Gasteiger charge is -2.09. The van der Waals surface area contributed by atoms with Gasteiger partial charge in [-0.05, 0) is 24.6 Å². The molecule has 0 saturated heterocycles. The Morgan fingerprint density at radius 2 is 2.35 bits per heavy atom. The van der Waals surface area contributed by atoms with Crippen LogP contribution in [-0.2, 0) is 4.74 Å². The molecule has 0 amide bonds. The van der Waals surface area contributed by atoms with E-state index in [2.05, 4.69) is 11.9 Å². The summed E-state index contributed by atoms with van der Waals surface area (Å²) in [5, 5.41) is 3.08. The Balaban J connectivity index is 2.73. The largest absolute Gasteiger partial charge is 0.462 e. The SMILES string of the molecule is C=CCNc1ccc(C(=O)OCCC)cc1N. The van der Waals surface area contributed by atoms with Gasteiger partial charge in [-0.2, -0.15) is 0 Å². The van der Waals surface area contributed by atoms with Crippen molar-refractivity contribution in [3.8, 4) is 0 Å². The van der Waals surface area contributed by atoms with Gasteiger partial charge in [-0.1, -0.05) is 13.0 Å². The van der Waals surface area contributed by atoms with Crippen molar-refractivity contribution < 1.29 is 9.53 Å². The molecule has 0 bridgehead atoms. The van der Waals surface area contributed by atoms with Crippen molar-refractivity contribution in [2.75, 3.05) is 24.2 Å². The monoisotopic (exact) mass is 234 g/mol. The molecule has 4 nitrogen and oxygen atoms in total. The molecule has 17 heavy (non-hydrogen) atoms. The van der Waals surface area contributed by atoms with Gasteiger partial charge in [0.2, 0.25) is 0 Å². The van der Waals surface area contributed by atoms with Crippen LogP contribution in [0.25, 0.3) is 0 Å². The number of rotatable bonds is 6. The van der Waals surface area contributed by atoms with E-state index in [1.807, 2.05) is 6.92 Å². The van der Waals surface area contributed by atoms with Crippen LogP contribution in [0.5, 0.6) is 0 Å². The summed E-state index contributed by atoms with van der Waals surface area (Å²) in [7, 11) is 0. The summed E-state index contributed by atoms with van der Waals surface area (Å²) < 4.78 is 5.02. The van der Waals surface area contributed by atoms with E-state index in [1.54, 1.807) is 24.3 Å². The van der Waals surface area contributed by atoms with Crippen LogP contribution in [0.2, 0.25) is 0 Å². The summed E-state index contributed by atoms with van der Waals surface area (Å²) in [6.07, 6.45) is 2.54. The summed E-state index contributed by atoms with van der Waals surface area (Å²) in [5.41, 5.74) is 7.61. The fourth-order valence-electron chi connectivity index (χ4n) is 1.31. The van der Waals surface area contributed by atoms with E-state index >= 15 is 0 Å². The number of carbonyl (C=O) groups is 1. The number of hydrogen-bond acceptors (Lipinski definition) is 4. The van der Waals surface area contributed by atoms with Crippen molar-refractivity contribution in [1.29, 1.82) is 0 Å². The number of benzene rings is 1. The standard InChI is InChI=1S/C13H18N2O2/c1-3-7-15-12-6-5-10(9-11(12)14)13(16)17-8-4-2/h3,5-6,9,15H,1,4,7-8,14H2,2H3. The van der Waals surface area contributed by atoms with Crippen molar-refractivity contribution in [2.24, 2.45) is 0 Å². The summed E-state index contributed by atoms with van der Waals surface area (Å²) >= 11 is 0. The van der Waals surface area contributed by atoms with Crippen LogP contribution in [0.1, 0.15) is 23.7 Å². The van der Waals surface area contributed by atoms with E-state index in [1.165, 1.54) is 0 Å². The van der Waals surface area contributed by atoms with Crippen LogP contribution in [0.15, 0.2) is 30.9 Å². The van der Waals surface area contributed by atoms with Gasteiger partial charge in [-0.15, -0.1) is 6.58 Å². The second-order valence-corrected chi connectivity index (χ2v) is 3.61. The number of esters is 1. The van der Waals surface area contributed by atoms with Gasteiger partial charge < -0.3 is 15.8 Å². The predicted octanol–water partition coefficient (Wildman–Crippen LogP) is 2.43. The van der Waals surface area contributed by atoms with E-state index in [0.29, 0.717) is 24.4 Å². The van der Waals surface area contributed by atoms with Gasteiger partial charge in [-0.25, -0.2) is 4.79 Å². The number of hydrogen-bond donors (Lipinski definition) is 2. The molecule has 0 aliphatic rings. The fraction of sp³-hybridized carbons (Fsp3) is 0.308. The molecule has 0 heterocycles. The third kappa shape index (κ3) is 3.83. The van der Waals surface area contributed by atoms with Gasteiger partial charge in [-0.3, -0.25) is 0 Å². The van der Waals surface area contributed by atoms with Gasteiger partial charge in [0.1, 0.15) is 0 Å². The maximum Gasteiger partial charge on any atom is 0.338 e. The van der Waals surface area contributed by atoms with Crippen molar-refractivity contribution in [1.82, 2.24) is 0 Å². The first kappa shape index (κ1) is 13.1. The molecule has 1 aromatic rings. The normalized spacial score (nSPS) is 9.71. The Hall–Kier alpha value is -1.97. The van der Waals surface area contributed by atoms with Crippen molar-refractivity contribution in [3.05, 3.63) is 36.4 Å². The summed E-state index contributed by atoms with van der Waals surface area (Å²) in [5.74, 6) is -0.339. The molecule has 0 aliphatic carbocycles. The highest BCUT2D eigenvalue weighted by Gasteiger charge is 2.08. The lowest BCUT2D eigenvalue weighted by atomic mass is 10.1. The molecule has 0 spiro atoms. The van der Waals surface area contributed by atoms with Crippen LogP contribution in [0.4, 0.5) is 11.4 Å². The zero-order chi connectivity index (χ0) is 12.7. The number of ether oxygens (including phenoxy) is 1. The molecule has 1 aromatic carbocycles. The van der Waals surface area contributed by atoms with E-state index in [9.17, 15) is 4.79 Å². The zero-order valence-corrected chi connectivity index (χ0v) is 10.0. The van der Waals surface area contributed by atoms with Gasteiger partial charge in [0.15, 0.2) is 0 Å². The molecule has 0 saturated carbocycles. The van der Waals surface area contributed by atoms with Gasteiger partial charge in [0.05, 0.1) is 23.5 Å². The van der Waals surface area contributed by atoms with Crippen molar-refractivity contribution >= 4 is 17.3 Å². The van der Waals surface area contributed by atoms with Crippen LogP contribution in [0.3, 0.4) is 0 Å². The first-order valence-electron chi connectivity index (χ1n) is 5.60. The first-order chi connectivity index (χ1) is 8.19. The topological polar surface area (TPSA) is 64.3 Å². The minimum Gasteiger partial charge on any atom is -0.462 e. The van der Waals surface area contributed by atoms with Crippen LogP contribution < -0.4 is 11.1 Å². The molecular formula is C13H18N2O2. The number of nitrogens with two attached hydrogens (primary N) is 1. The lowest BCUT2D eigenvalue weighted by Crippen LogP contribution is -2.08. The number of carbonyl (C=O) groups excluding carboxylic acids is 1. The van der Waals surface area contributed by atoms with Crippen LogP contribution >= 0.6 is 0 Å². The minimum absolute atomic E-state index is 0.339. The third-order valence-electron chi connectivity index (χ3n) is 2.16. The predicted molar refractivity (Wildman–Crippen MR) is 70.1 cm³/mol. The Morgan fingerprint density at radius 3 is 2.94 bits per heavy atom. The quantitative estimate of drug-likeness (QED) is 0.451. The Morgan fingerprint density at radius 1 is 1.59 bits per heavy atom. The summed E-state index contributed by atoms with van der Waals surface area (Å²) in [4.78, 5) is 11.6. The molecule has 0 radical (unpaired) electrons. The molecule has 3 N–H and O–H groups in total. The number of nitrogen functional groups attached to an aromatic ring is 1. The maximum atomic E-state index is 11.6. The highest BCUT2D eigenvalue weighted by Crippen LogP contribution is 2.20. The highest BCUT2D eigenvalue weighted by atomic mass is 16.5. The van der Waals surface area contributed by atoms with Crippen LogP contribution in [-0.4, -0.2) is 19.1 Å². The minimum atomic E-state index is -0.339. The second kappa shape index (κ2) is 6.58. The number of anilines is 2. The smallest absolute Gasteiger partial charge is 0.338 e. The van der Waals surface area contributed by atoms with Crippen molar-refractivity contribution in [2.45, 2.75) is 13.3 Å². The summed E-state index contributed by atoms with van der Waals surface area (Å²) in [6, 6.07) is 5.07. The zero-order valence-electron chi connectivity index (χ0n) is 10.0. The second-order valence-electron chi connectivity index (χ2n) is 3.61. The van der Waals surface area contributed by atoms with Crippen molar-refractivity contribution in [3.63, 3.8) is 0 Å². The molecule has 1 rings (SSSR count). The maximum absolute atomic E-state index is 11.6. The Labute approximate surface area is 101 Å². The molecule has 0 atom stereocenters. The van der Waals surface area contributed by atoms with Gasteiger partial charge in [0.25, 0.3) is 0 Å². The first-order valence-corrected chi connectivity index (χ1v) is 5.60.